The van der Waals surface area contributed by atoms with Crippen molar-refractivity contribution < 1.29 is 14.3 Å². The standard InChI is InChI=1S/C18H18BrClN2O3/c1-2-8-21-18(24)12-4-3-5-14(9-12)22-17(23)11-25-16-7-6-13(20)10-15(16)19/h3-7,9-10H,2,8,11H2,1H3,(H,21,24)(H,22,23). The van der Waals surface area contributed by atoms with Crippen molar-refractivity contribution in [3.63, 3.8) is 0 Å². The molecule has 0 atom stereocenters. The van der Waals surface area contributed by atoms with Crippen molar-refractivity contribution in [1.82, 2.24) is 5.32 Å². The van der Waals surface area contributed by atoms with Crippen LogP contribution >= 0.6 is 27.5 Å². The lowest BCUT2D eigenvalue weighted by Crippen LogP contribution is -2.24. The molecule has 0 saturated carbocycles. The Balaban J connectivity index is 1.93. The molecule has 0 aliphatic rings. The smallest absolute Gasteiger partial charge is 0.262 e. The lowest BCUT2D eigenvalue weighted by Gasteiger charge is -2.10. The summed E-state index contributed by atoms with van der Waals surface area (Å²) in [6.45, 7) is 2.43. The fourth-order valence-corrected chi connectivity index (χ4v) is 2.81. The van der Waals surface area contributed by atoms with E-state index in [2.05, 4.69) is 26.6 Å². The molecule has 0 bridgehead atoms. The summed E-state index contributed by atoms with van der Waals surface area (Å²) in [5, 5.41) is 6.07. The zero-order chi connectivity index (χ0) is 18.2. The molecule has 0 radical (unpaired) electrons. The number of amides is 2. The number of hydrogen-bond acceptors (Lipinski definition) is 3. The second-order valence-corrected chi connectivity index (χ2v) is 6.54. The lowest BCUT2D eigenvalue weighted by molar-refractivity contribution is -0.118. The number of carbonyl (C=O) groups is 2. The number of anilines is 1. The minimum atomic E-state index is -0.326. The number of benzene rings is 2. The van der Waals surface area contributed by atoms with E-state index in [4.69, 9.17) is 16.3 Å². The molecule has 0 aliphatic heterocycles. The second kappa shape index (κ2) is 9.44. The molecule has 2 N–H and O–H groups in total. The van der Waals surface area contributed by atoms with E-state index in [1.807, 2.05) is 6.92 Å². The van der Waals surface area contributed by atoms with Gasteiger partial charge < -0.3 is 15.4 Å². The van der Waals surface area contributed by atoms with Crippen LogP contribution in [0, 0.1) is 0 Å². The average molecular weight is 426 g/mol. The van der Waals surface area contributed by atoms with Crippen LogP contribution in [0.2, 0.25) is 5.02 Å². The van der Waals surface area contributed by atoms with Crippen molar-refractivity contribution in [3.8, 4) is 5.75 Å². The van der Waals surface area contributed by atoms with Gasteiger partial charge in [0.25, 0.3) is 11.8 Å². The monoisotopic (exact) mass is 424 g/mol. The molecule has 0 aromatic heterocycles. The summed E-state index contributed by atoms with van der Waals surface area (Å²) in [7, 11) is 0. The lowest BCUT2D eigenvalue weighted by atomic mass is 10.2. The normalized spacial score (nSPS) is 10.2. The summed E-state index contributed by atoms with van der Waals surface area (Å²) in [5.41, 5.74) is 1.03. The molecular weight excluding hydrogens is 408 g/mol. The Labute approximate surface area is 159 Å². The molecule has 2 aromatic carbocycles. The topological polar surface area (TPSA) is 67.4 Å². The van der Waals surface area contributed by atoms with Crippen LogP contribution in [0.1, 0.15) is 23.7 Å². The van der Waals surface area contributed by atoms with Crippen LogP contribution in [0.4, 0.5) is 5.69 Å². The highest BCUT2D eigenvalue weighted by molar-refractivity contribution is 9.10. The SMILES string of the molecule is CCCNC(=O)c1cccc(NC(=O)COc2ccc(Cl)cc2Br)c1. The summed E-state index contributed by atoms with van der Waals surface area (Å²) in [6.07, 6.45) is 0.861. The van der Waals surface area contributed by atoms with Gasteiger partial charge in [-0.3, -0.25) is 9.59 Å². The summed E-state index contributed by atoms with van der Waals surface area (Å²) < 4.78 is 6.13. The maximum atomic E-state index is 12.0. The van der Waals surface area contributed by atoms with Gasteiger partial charge in [0.2, 0.25) is 0 Å². The number of nitrogens with one attached hydrogen (secondary N) is 2. The highest BCUT2D eigenvalue weighted by Gasteiger charge is 2.09. The van der Waals surface area contributed by atoms with Crippen LogP contribution in [0.5, 0.6) is 5.75 Å². The molecule has 0 fully saturated rings. The second-order valence-electron chi connectivity index (χ2n) is 5.25. The summed E-state index contributed by atoms with van der Waals surface area (Å²) >= 11 is 9.19. The van der Waals surface area contributed by atoms with Crippen LogP contribution in [0.15, 0.2) is 46.9 Å². The van der Waals surface area contributed by atoms with Gasteiger partial charge in [0.1, 0.15) is 5.75 Å². The van der Waals surface area contributed by atoms with Crippen LogP contribution < -0.4 is 15.4 Å². The van der Waals surface area contributed by atoms with Gasteiger partial charge in [-0.2, -0.15) is 0 Å². The van der Waals surface area contributed by atoms with E-state index in [0.29, 0.717) is 33.0 Å². The number of hydrogen-bond donors (Lipinski definition) is 2. The fraction of sp³-hybridized carbons (Fsp3) is 0.222. The Hall–Kier alpha value is -2.05. The Kier molecular flexibility index (Phi) is 7.28. The van der Waals surface area contributed by atoms with E-state index in [1.54, 1.807) is 42.5 Å². The highest BCUT2D eigenvalue weighted by atomic mass is 79.9. The van der Waals surface area contributed by atoms with Gasteiger partial charge >= 0.3 is 0 Å². The van der Waals surface area contributed by atoms with Gasteiger partial charge in [-0.1, -0.05) is 24.6 Å². The van der Waals surface area contributed by atoms with Gasteiger partial charge in [0.15, 0.2) is 6.61 Å². The van der Waals surface area contributed by atoms with Gasteiger partial charge in [-0.05, 0) is 58.7 Å². The third kappa shape index (κ3) is 6.07. The van der Waals surface area contributed by atoms with E-state index in [1.165, 1.54) is 0 Å². The molecule has 2 amide bonds. The van der Waals surface area contributed by atoms with Gasteiger partial charge in [0.05, 0.1) is 4.47 Å². The largest absolute Gasteiger partial charge is 0.483 e. The molecule has 0 unspecified atom stereocenters. The molecule has 132 valence electrons. The average Bonchev–Trinajstić information content (AvgIpc) is 2.59. The van der Waals surface area contributed by atoms with Gasteiger partial charge in [-0.25, -0.2) is 0 Å². The first-order valence-corrected chi connectivity index (χ1v) is 8.92. The predicted octanol–water partition coefficient (Wildman–Crippen LogP) is 4.26. The zero-order valence-electron chi connectivity index (χ0n) is 13.6. The van der Waals surface area contributed by atoms with Crippen LogP contribution in [-0.4, -0.2) is 25.0 Å². The van der Waals surface area contributed by atoms with E-state index in [0.717, 1.165) is 6.42 Å². The third-order valence-corrected chi connectivity index (χ3v) is 4.05. The van der Waals surface area contributed by atoms with Crippen molar-refractivity contribution in [1.29, 1.82) is 0 Å². The van der Waals surface area contributed by atoms with Crippen molar-refractivity contribution in [3.05, 3.63) is 57.5 Å². The molecule has 2 aromatic rings. The minimum absolute atomic E-state index is 0.160. The summed E-state index contributed by atoms with van der Waals surface area (Å²) in [4.78, 5) is 24.0. The Morgan fingerprint density at radius 1 is 1.20 bits per heavy atom. The molecule has 7 heteroatoms. The Bertz CT molecular complexity index is 768. The molecular formula is C18H18BrClN2O3. The number of rotatable bonds is 7. The van der Waals surface area contributed by atoms with Crippen LogP contribution in [0.3, 0.4) is 0 Å². The summed E-state index contributed by atoms with van der Waals surface area (Å²) in [5.74, 6) is 0.0273. The molecule has 5 nitrogen and oxygen atoms in total. The number of carbonyl (C=O) groups excluding carboxylic acids is 2. The van der Waals surface area contributed by atoms with E-state index in [-0.39, 0.29) is 18.4 Å². The molecule has 0 saturated heterocycles. The molecule has 0 spiro atoms. The highest BCUT2D eigenvalue weighted by Crippen LogP contribution is 2.27. The molecule has 0 aliphatic carbocycles. The van der Waals surface area contributed by atoms with Crippen molar-refractivity contribution in [2.24, 2.45) is 0 Å². The maximum absolute atomic E-state index is 12.0. The number of halogens is 2. The van der Waals surface area contributed by atoms with Crippen molar-refractivity contribution >= 4 is 45.0 Å². The Morgan fingerprint density at radius 3 is 2.72 bits per heavy atom. The number of ether oxygens (including phenoxy) is 1. The van der Waals surface area contributed by atoms with Crippen LogP contribution in [-0.2, 0) is 4.79 Å². The molecule has 2 rings (SSSR count). The van der Waals surface area contributed by atoms with E-state index in [9.17, 15) is 9.59 Å². The quantitative estimate of drug-likeness (QED) is 0.696. The van der Waals surface area contributed by atoms with Crippen molar-refractivity contribution in [2.45, 2.75) is 13.3 Å². The minimum Gasteiger partial charge on any atom is -0.483 e. The summed E-state index contributed by atoms with van der Waals surface area (Å²) in [6, 6.07) is 11.8. The van der Waals surface area contributed by atoms with E-state index < -0.39 is 0 Å². The van der Waals surface area contributed by atoms with E-state index >= 15 is 0 Å². The van der Waals surface area contributed by atoms with Gasteiger partial charge in [0, 0.05) is 22.8 Å². The third-order valence-electron chi connectivity index (χ3n) is 3.20. The predicted molar refractivity (Wildman–Crippen MR) is 102 cm³/mol. The Morgan fingerprint density at radius 2 is 2.00 bits per heavy atom. The molecule has 0 heterocycles. The van der Waals surface area contributed by atoms with Crippen molar-refractivity contribution in [2.75, 3.05) is 18.5 Å². The fourth-order valence-electron chi connectivity index (χ4n) is 2.01. The maximum Gasteiger partial charge on any atom is 0.262 e. The van der Waals surface area contributed by atoms with Crippen LogP contribution in [0.25, 0.3) is 0 Å². The van der Waals surface area contributed by atoms with Gasteiger partial charge in [-0.15, -0.1) is 0 Å². The zero-order valence-corrected chi connectivity index (χ0v) is 16.0. The first-order chi connectivity index (χ1) is 12.0. The first kappa shape index (κ1) is 19.3. The molecule has 25 heavy (non-hydrogen) atoms. The first-order valence-electron chi connectivity index (χ1n) is 7.75.